The Morgan fingerprint density at radius 3 is 2.33 bits per heavy atom. The van der Waals surface area contributed by atoms with Crippen LogP contribution < -0.4 is 5.32 Å². The summed E-state index contributed by atoms with van der Waals surface area (Å²) in [6.07, 6.45) is 0. The highest BCUT2D eigenvalue weighted by Gasteiger charge is 2.02. The highest BCUT2D eigenvalue weighted by molar-refractivity contribution is 5.94. The van der Waals surface area contributed by atoms with Gasteiger partial charge in [-0.05, 0) is 35.4 Å². The average Bonchev–Trinajstić information content (AvgIpc) is 2.18. The molecule has 0 fully saturated rings. The molecule has 0 bridgehead atoms. The fourth-order valence-electron chi connectivity index (χ4n) is 1.68. The standard InChI is InChI=1S/C13H13NO/c1-9-7-11-5-3-4-6-12(11)8-13(9)14-10(2)15/h3-8H,1-2H3,(H,14,15). The molecule has 0 atom stereocenters. The Hall–Kier alpha value is -1.83. The fraction of sp³-hybridized carbons (Fsp3) is 0.154. The van der Waals surface area contributed by atoms with Crippen LogP contribution in [0.1, 0.15) is 12.5 Å². The molecule has 0 aliphatic rings. The molecule has 0 radical (unpaired) electrons. The van der Waals surface area contributed by atoms with E-state index in [1.165, 1.54) is 12.3 Å². The Labute approximate surface area is 88.9 Å². The summed E-state index contributed by atoms with van der Waals surface area (Å²) in [5, 5.41) is 5.17. The predicted octanol–water partition coefficient (Wildman–Crippen LogP) is 3.11. The second-order valence-corrected chi connectivity index (χ2v) is 3.70. The molecular weight excluding hydrogens is 186 g/mol. The Morgan fingerprint density at radius 1 is 1.13 bits per heavy atom. The maximum absolute atomic E-state index is 11.0. The molecule has 0 spiro atoms. The van der Waals surface area contributed by atoms with Gasteiger partial charge in [-0.3, -0.25) is 4.79 Å². The highest BCUT2D eigenvalue weighted by Crippen LogP contribution is 2.23. The Morgan fingerprint density at radius 2 is 1.73 bits per heavy atom. The molecule has 2 heteroatoms. The van der Waals surface area contributed by atoms with Crippen LogP contribution in [0, 0.1) is 6.92 Å². The average molecular weight is 199 g/mol. The van der Waals surface area contributed by atoms with Gasteiger partial charge >= 0.3 is 0 Å². The van der Waals surface area contributed by atoms with Gasteiger partial charge in [-0.2, -0.15) is 0 Å². The molecule has 15 heavy (non-hydrogen) atoms. The van der Waals surface area contributed by atoms with E-state index in [2.05, 4.69) is 17.4 Å². The summed E-state index contributed by atoms with van der Waals surface area (Å²) in [4.78, 5) is 11.0. The van der Waals surface area contributed by atoms with Gasteiger partial charge in [0, 0.05) is 12.6 Å². The fourth-order valence-corrected chi connectivity index (χ4v) is 1.68. The molecule has 0 heterocycles. The molecule has 2 aromatic carbocycles. The molecule has 2 rings (SSSR count). The normalized spacial score (nSPS) is 10.3. The van der Waals surface area contributed by atoms with Crippen LogP contribution in [0.3, 0.4) is 0 Å². The van der Waals surface area contributed by atoms with E-state index >= 15 is 0 Å². The van der Waals surface area contributed by atoms with Crippen LogP contribution >= 0.6 is 0 Å². The molecule has 0 unspecified atom stereocenters. The van der Waals surface area contributed by atoms with Gasteiger partial charge in [-0.1, -0.05) is 24.3 Å². The van der Waals surface area contributed by atoms with Crippen LogP contribution in [0.15, 0.2) is 36.4 Å². The summed E-state index contributed by atoms with van der Waals surface area (Å²) in [5.41, 5.74) is 1.98. The lowest BCUT2D eigenvalue weighted by Crippen LogP contribution is -2.06. The zero-order chi connectivity index (χ0) is 10.8. The zero-order valence-corrected chi connectivity index (χ0v) is 8.87. The first kappa shape index (κ1) is 9.71. The van der Waals surface area contributed by atoms with Crippen LogP contribution in [-0.4, -0.2) is 5.91 Å². The minimum Gasteiger partial charge on any atom is -0.326 e. The van der Waals surface area contributed by atoms with Crippen molar-refractivity contribution >= 4 is 22.4 Å². The summed E-state index contributed by atoms with van der Waals surface area (Å²) in [6.45, 7) is 3.52. The van der Waals surface area contributed by atoms with Crippen molar-refractivity contribution in [2.45, 2.75) is 13.8 Å². The van der Waals surface area contributed by atoms with Crippen molar-refractivity contribution in [3.63, 3.8) is 0 Å². The Kier molecular flexibility index (Phi) is 2.42. The SMILES string of the molecule is CC(=O)Nc1cc2ccccc2cc1C. The van der Waals surface area contributed by atoms with Crippen molar-refractivity contribution in [2.75, 3.05) is 5.32 Å². The van der Waals surface area contributed by atoms with Crippen molar-refractivity contribution in [1.29, 1.82) is 0 Å². The van der Waals surface area contributed by atoms with Crippen LogP contribution in [0.2, 0.25) is 0 Å². The van der Waals surface area contributed by atoms with Crippen molar-refractivity contribution in [3.8, 4) is 0 Å². The summed E-state index contributed by atoms with van der Waals surface area (Å²) in [5.74, 6) is -0.0339. The van der Waals surface area contributed by atoms with Crippen molar-refractivity contribution in [1.82, 2.24) is 0 Å². The highest BCUT2D eigenvalue weighted by atomic mass is 16.1. The Bertz CT molecular complexity index is 517. The molecule has 0 saturated carbocycles. The van der Waals surface area contributed by atoms with Gasteiger partial charge in [0.05, 0.1) is 0 Å². The monoisotopic (exact) mass is 199 g/mol. The first-order valence-electron chi connectivity index (χ1n) is 4.94. The zero-order valence-electron chi connectivity index (χ0n) is 8.87. The molecule has 0 aliphatic heterocycles. The van der Waals surface area contributed by atoms with E-state index in [1.807, 2.05) is 31.2 Å². The Balaban J connectivity index is 2.56. The van der Waals surface area contributed by atoms with Gasteiger partial charge in [0.25, 0.3) is 0 Å². The molecule has 1 N–H and O–H groups in total. The number of benzene rings is 2. The molecule has 0 saturated heterocycles. The van der Waals surface area contributed by atoms with E-state index in [-0.39, 0.29) is 5.91 Å². The molecule has 1 amide bonds. The predicted molar refractivity (Wildman–Crippen MR) is 63.0 cm³/mol. The molecule has 76 valence electrons. The summed E-state index contributed by atoms with van der Waals surface area (Å²) >= 11 is 0. The van der Waals surface area contributed by atoms with Crippen LogP contribution in [-0.2, 0) is 4.79 Å². The van der Waals surface area contributed by atoms with Gasteiger partial charge < -0.3 is 5.32 Å². The number of fused-ring (bicyclic) bond motifs is 1. The number of amides is 1. The number of aryl methyl sites for hydroxylation is 1. The van der Waals surface area contributed by atoms with Crippen LogP contribution in [0.25, 0.3) is 10.8 Å². The van der Waals surface area contributed by atoms with E-state index in [1.54, 1.807) is 0 Å². The van der Waals surface area contributed by atoms with Gasteiger partial charge in [0.1, 0.15) is 0 Å². The van der Waals surface area contributed by atoms with E-state index in [0.29, 0.717) is 0 Å². The number of carbonyl (C=O) groups excluding carboxylic acids is 1. The lowest BCUT2D eigenvalue weighted by Gasteiger charge is -2.08. The maximum atomic E-state index is 11.0. The van der Waals surface area contributed by atoms with Gasteiger partial charge in [-0.15, -0.1) is 0 Å². The first-order chi connectivity index (χ1) is 7.16. The summed E-state index contributed by atoms with van der Waals surface area (Å²) in [7, 11) is 0. The van der Waals surface area contributed by atoms with Gasteiger partial charge in [0.15, 0.2) is 0 Å². The second-order valence-electron chi connectivity index (χ2n) is 3.70. The lowest BCUT2D eigenvalue weighted by atomic mass is 10.1. The second kappa shape index (κ2) is 3.73. The van der Waals surface area contributed by atoms with Crippen LogP contribution in [0.5, 0.6) is 0 Å². The van der Waals surface area contributed by atoms with E-state index in [0.717, 1.165) is 16.6 Å². The first-order valence-corrected chi connectivity index (χ1v) is 4.94. The molecule has 0 aromatic heterocycles. The van der Waals surface area contributed by atoms with Crippen molar-refractivity contribution < 1.29 is 4.79 Å². The molecule has 2 aromatic rings. The van der Waals surface area contributed by atoms with Gasteiger partial charge in [-0.25, -0.2) is 0 Å². The lowest BCUT2D eigenvalue weighted by molar-refractivity contribution is -0.114. The van der Waals surface area contributed by atoms with E-state index in [9.17, 15) is 4.79 Å². The van der Waals surface area contributed by atoms with Crippen molar-refractivity contribution in [3.05, 3.63) is 42.0 Å². The maximum Gasteiger partial charge on any atom is 0.221 e. The largest absolute Gasteiger partial charge is 0.326 e. The molecular formula is C13H13NO. The number of rotatable bonds is 1. The smallest absolute Gasteiger partial charge is 0.221 e. The number of carbonyl (C=O) groups is 1. The van der Waals surface area contributed by atoms with Gasteiger partial charge in [0.2, 0.25) is 5.91 Å². The molecule has 2 nitrogen and oxygen atoms in total. The molecule has 0 aliphatic carbocycles. The van der Waals surface area contributed by atoms with E-state index < -0.39 is 0 Å². The number of hydrogen-bond donors (Lipinski definition) is 1. The third-order valence-electron chi connectivity index (χ3n) is 2.40. The number of nitrogens with one attached hydrogen (secondary N) is 1. The summed E-state index contributed by atoms with van der Waals surface area (Å²) in [6, 6.07) is 12.2. The number of anilines is 1. The quantitative estimate of drug-likeness (QED) is 0.751. The van der Waals surface area contributed by atoms with Crippen LogP contribution in [0.4, 0.5) is 5.69 Å². The minimum atomic E-state index is -0.0339. The van der Waals surface area contributed by atoms with Crippen molar-refractivity contribution in [2.24, 2.45) is 0 Å². The third kappa shape index (κ3) is 1.99. The van der Waals surface area contributed by atoms with E-state index in [4.69, 9.17) is 0 Å². The third-order valence-corrected chi connectivity index (χ3v) is 2.40. The number of hydrogen-bond acceptors (Lipinski definition) is 1. The minimum absolute atomic E-state index is 0.0339. The summed E-state index contributed by atoms with van der Waals surface area (Å²) < 4.78 is 0. The topological polar surface area (TPSA) is 29.1 Å².